The van der Waals surface area contributed by atoms with Crippen LogP contribution in [0.3, 0.4) is 0 Å². The van der Waals surface area contributed by atoms with Crippen molar-refractivity contribution in [1.29, 1.82) is 0 Å². The highest BCUT2D eigenvalue weighted by Gasteiger charge is 2.47. The summed E-state index contributed by atoms with van der Waals surface area (Å²) in [7, 11) is 1.87. The molecule has 2 bridgehead atoms. The van der Waals surface area contributed by atoms with Gasteiger partial charge in [-0.1, -0.05) is 0 Å². The van der Waals surface area contributed by atoms with E-state index in [-0.39, 0.29) is 12.0 Å². The smallest absolute Gasteiger partial charge is 0.308 e. The number of nitrogens with one attached hydrogen (secondary N) is 3. The zero-order chi connectivity index (χ0) is 23.4. The summed E-state index contributed by atoms with van der Waals surface area (Å²) in [5.41, 5.74) is 2.90. The van der Waals surface area contributed by atoms with Crippen molar-refractivity contribution in [1.82, 2.24) is 29.9 Å². The predicted molar refractivity (Wildman–Crippen MR) is 125 cm³/mol. The van der Waals surface area contributed by atoms with Crippen LogP contribution in [0.15, 0.2) is 30.6 Å². The van der Waals surface area contributed by atoms with E-state index in [9.17, 15) is 14.3 Å². The molecule has 0 unspecified atom stereocenters. The summed E-state index contributed by atoms with van der Waals surface area (Å²) >= 11 is 0. The molecule has 7 rings (SSSR count). The number of anilines is 1. The second kappa shape index (κ2) is 8.05. The van der Waals surface area contributed by atoms with Crippen LogP contribution in [0.4, 0.5) is 10.2 Å². The minimum atomic E-state index is -0.748. The van der Waals surface area contributed by atoms with Crippen molar-refractivity contribution < 1.29 is 14.3 Å². The maximum atomic E-state index is 14.0. The number of nitrogens with zero attached hydrogens (tertiary/aromatic N) is 4. The van der Waals surface area contributed by atoms with Crippen LogP contribution >= 0.6 is 0 Å². The fourth-order valence-electron chi connectivity index (χ4n) is 5.92. The quantitative estimate of drug-likeness (QED) is 0.346. The summed E-state index contributed by atoms with van der Waals surface area (Å²) in [6.45, 7) is 0.597. The first-order valence-corrected chi connectivity index (χ1v) is 11.7. The molecule has 34 heavy (non-hydrogen) atoms. The van der Waals surface area contributed by atoms with Crippen molar-refractivity contribution in [3.05, 3.63) is 42.1 Å². The van der Waals surface area contributed by atoms with Gasteiger partial charge in [0, 0.05) is 29.7 Å². The number of aromatic amines is 1. The number of H-pyrrole nitrogens is 1. The Bertz CT molecular complexity index is 1390. The van der Waals surface area contributed by atoms with Gasteiger partial charge in [0.05, 0.1) is 17.8 Å². The van der Waals surface area contributed by atoms with E-state index in [4.69, 9.17) is 10.1 Å². The first-order valence-electron chi connectivity index (χ1n) is 11.7. The van der Waals surface area contributed by atoms with E-state index < -0.39 is 17.7 Å². The predicted octanol–water partition coefficient (Wildman–Crippen LogP) is 3.43. The SMILES string of the molecule is CNCc1ccc2c(N[C@H]3[C@H]4CC[C@H](CC4)[C@@H]3C(=O)O)nc(-c3c[nH]c4ncc(F)cc34)nn12. The third-order valence-corrected chi connectivity index (χ3v) is 7.49. The average molecular weight is 464 g/mol. The Labute approximate surface area is 194 Å². The number of hydrogen-bond donors (Lipinski definition) is 4. The molecular formula is C24H26FN7O2. The van der Waals surface area contributed by atoms with E-state index in [0.29, 0.717) is 40.7 Å². The normalized spacial score (nSPS) is 24.2. The number of aromatic nitrogens is 5. The molecule has 3 saturated carbocycles. The molecule has 0 saturated heterocycles. The summed E-state index contributed by atoms with van der Waals surface area (Å²) in [6, 6.07) is 5.15. The van der Waals surface area contributed by atoms with Gasteiger partial charge in [0.15, 0.2) is 11.6 Å². The van der Waals surface area contributed by atoms with Gasteiger partial charge in [0.25, 0.3) is 0 Å². The molecule has 4 aromatic heterocycles. The summed E-state index contributed by atoms with van der Waals surface area (Å²) in [5, 5.41) is 22.1. The van der Waals surface area contributed by atoms with E-state index in [1.54, 1.807) is 6.20 Å². The number of halogens is 1. The van der Waals surface area contributed by atoms with Gasteiger partial charge in [-0.25, -0.2) is 18.9 Å². The molecule has 3 fully saturated rings. The summed E-state index contributed by atoms with van der Waals surface area (Å²) in [6.07, 6.45) is 6.89. The largest absolute Gasteiger partial charge is 0.481 e. The number of pyridine rings is 1. The van der Waals surface area contributed by atoms with Crippen molar-refractivity contribution in [2.75, 3.05) is 12.4 Å². The number of carboxylic acid groups (broad SMARTS) is 1. The van der Waals surface area contributed by atoms with Crippen LogP contribution in [0, 0.1) is 23.6 Å². The number of rotatable bonds is 6. The van der Waals surface area contributed by atoms with Crippen LogP contribution in [0.1, 0.15) is 31.4 Å². The third kappa shape index (κ3) is 3.32. The lowest BCUT2D eigenvalue weighted by Crippen LogP contribution is -2.51. The Hall–Kier alpha value is -3.53. The molecule has 2 atom stereocenters. The highest BCUT2D eigenvalue weighted by molar-refractivity contribution is 5.92. The fraction of sp³-hybridized carbons (Fsp3) is 0.417. The molecule has 0 aromatic carbocycles. The van der Waals surface area contributed by atoms with Crippen molar-refractivity contribution in [3.63, 3.8) is 0 Å². The monoisotopic (exact) mass is 463 g/mol. The Morgan fingerprint density at radius 2 is 2.06 bits per heavy atom. The maximum absolute atomic E-state index is 14.0. The topological polar surface area (TPSA) is 120 Å². The molecule has 3 aliphatic rings. The van der Waals surface area contributed by atoms with Gasteiger partial charge in [0.2, 0.25) is 0 Å². The lowest BCUT2D eigenvalue weighted by atomic mass is 9.61. The minimum Gasteiger partial charge on any atom is -0.481 e. The molecule has 3 aliphatic carbocycles. The number of carboxylic acids is 1. The summed E-state index contributed by atoms with van der Waals surface area (Å²) in [4.78, 5) is 24.2. The zero-order valence-corrected chi connectivity index (χ0v) is 18.8. The summed E-state index contributed by atoms with van der Waals surface area (Å²) < 4.78 is 15.8. The average Bonchev–Trinajstić information content (AvgIpc) is 3.44. The van der Waals surface area contributed by atoms with Gasteiger partial charge < -0.3 is 20.7 Å². The van der Waals surface area contributed by atoms with Gasteiger partial charge in [-0.05, 0) is 62.8 Å². The lowest BCUT2D eigenvalue weighted by Gasteiger charge is -2.47. The van der Waals surface area contributed by atoms with Crippen LogP contribution in [-0.2, 0) is 11.3 Å². The second-order valence-electron chi connectivity index (χ2n) is 9.40. The Kier molecular flexibility index (Phi) is 4.98. The van der Waals surface area contributed by atoms with Gasteiger partial charge in [-0.3, -0.25) is 4.79 Å². The van der Waals surface area contributed by atoms with Gasteiger partial charge in [0.1, 0.15) is 17.0 Å². The highest BCUT2D eigenvalue weighted by Crippen LogP contribution is 2.46. The Morgan fingerprint density at radius 1 is 1.26 bits per heavy atom. The standard InChI is InChI=1S/C24H26FN7O2/c1-26-10-15-6-7-18-23(29-20-13-4-2-12(3-5-13)19(20)24(33)34)30-22(31-32(15)18)17-11-28-21-16(17)8-14(25)9-27-21/h6-9,11-13,19-20,26H,2-5,10H2,1H3,(H,27,28)(H,33,34)(H,29,30,31)/t12-,13+,19-,20-/m0/s1. The maximum Gasteiger partial charge on any atom is 0.308 e. The molecule has 10 heteroatoms. The van der Waals surface area contributed by atoms with E-state index in [1.165, 1.54) is 12.3 Å². The highest BCUT2D eigenvalue weighted by atomic mass is 19.1. The van der Waals surface area contributed by atoms with Gasteiger partial charge in [-0.2, -0.15) is 0 Å². The van der Waals surface area contributed by atoms with E-state index in [0.717, 1.165) is 36.9 Å². The van der Waals surface area contributed by atoms with Crippen molar-refractivity contribution in [2.45, 2.75) is 38.3 Å². The number of carbonyl (C=O) groups is 1. The molecule has 4 aromatic rings. The van der Waals surface area contributed by atoms with Crippen LogP contribution in [0.2, 0.25) is 0 Å². The molecule has 9 nitrogen and oxygen atoms in total. The van der Waals surface area contributed by atoms with Crippen LogP contribution in [0.25, 0.3) is 27.9 Å². The van der Waals surface area contributed by atoms with Crippen LogP contribution in [-0.4, -0.2) is 48.7 Å². The molecule has 176 valence electrons. The Morgan fingerprint density at radius 3 is 2.82 bits per heavy atom. The molecule has 0 aliphatic heterocycles. The molecule has 4 N–H and O–H groups in total. The van der Waals surface area contributed by atoms with Crippen molar-refractivity contribution in [3.8, 4) is 11.4 Å². The summed E-state index contributed by atoms with van der Waals surface area (Å²) in [5.74, 6) is -0.142. The number of hydrogen-bond acceptors (Lipinski definition) is 6. The molecule has 0 amide bonds. The van der Waals surface area contributed by atoms with Crippen LogP contribution < -0.4 is 10.6 Å². The zero-order valence-electron chi connectivity index (χ0n) is 18.8. The molecular weight excluding hydrogens is 437 g/mol. The van der Waals surface area contributed by atoms with Gasteiger partial charge in [-0.15, -0.1) is 5.10 Å². The van der Waals surface area contributed by atoms with Gasteiger partial charge >= 0.3 is 5.97 Å². The first-order chi connectivity index (χ1) is 16.5. The van der Waals surface area contributed by atoms with E-state index >= 15 is 0 Å². The first kappa shape index (κ1) is 21.0. The molecule has 0 radical (unpaired) electrons. The Balaban J connectivity index is 1.49. The van der Waals surface area contributed by atoms with Crippen molar-refractivity contribution in [2.24, 2.45) is 17.8 Å². The number of aliphatic carboxylic acids is 1. The fourth-order valence-corrected chi connectivity index (χ4v) is 5.92. The van der Waals surface area contributed by atoms with E-state index in [2.05, 4.69) is 20.6 Å². The second-order valence-corrected chi connectivity index (χ2v) is 9.40. The van der Waals surface area contributed by atoms with Crippen molar-refractivity contribution >= 4 is 28.3 Å². The molecule has 0 spiro atoms. The minimum absolute atomic E-state index is 0.187. The third-order valence-electron chi connectivity index (χ3n) is 7.49. The van der Waals surface area contributed by atoms with E-state index in [1.807, 2.05) is 23.7 Å². The van der Waals surface area contributed by atoms with Crippen LogP contribution in [0.5, 0.6) is 0 Å². The number of fused-ring (bicyclic) bond motifs is 5. The lowest BCUT2D eigenvalue weighted by molar-refractivity contribution is -0.148. The molecule has 4 heterocycles.